The molecular weight excluding hydrogens is 296 g/mol. The van der Waals surface area contributed by atoms with E-state index in [1.54, 1.807) is 41.0 Å². The smallest absolute Gasteiger partial charge is 0.337 e. The van der Waals surface area contributed by atoms with Crippen LogP contribution in [-0.2, 0) is 18.3 Å². The van der Waals surface area contributed by atoms with Gasteiger partial charge in [0.05, 0.1) is 25.4 Å². The van der Waals surface area contributed by atoms with Crippen LogP contribution in [0.5, 0.6) is 0 Å². The quantitative estimate of drug-likeness (QED) is 0.877. The molecule has 1 aromatic heterocycles. The van der Waals surface area contributed by atoms with Gasteiger partial charge in [0.1, 0.15) is 0 Å². The first-order chi connectivity index (χ1) is 10.9. The molecule has 2 aromatic rings. The van der Waals surface area contributed by atoms with Gasteiger partial charge in [-0.1, -0.05) is 6.07 Å². The van der Waals surface area contributed by atoms with Crippen LogP contribution in [0, 0.1) is 6.92 Å². The van der Waals surface area contributed by atoms with Gasteiger partial charge in [0, 0.05) is 31.5 Å². The summed E-state index contributed by atoms with van der Waals surface area (Å²) in [6.45, 7) is 2.30. The minimum absolute atomic E-state index is 0.265. The summed E-state index contributed by atoms with van der Waals surface area (Å²) < 4.78 is 6.38. The molecule has 23 heavy (non-hydrogen) atoms. The van der Waals surface area contributed by atoms with Crippen molar-refractivity contribution in [1.82, 2.24) is 14.7 Å². The second-order valence-corrected chi connectivity index (χ2v) is 5.33. The number of carbonyl (C=O) groups excluding carboxylic acids is 2. The number of ether oxygens (including phenoxy) is 1. The van der Waals surface area contributed by atoms with Crippen molar-refractivity contribution < 1.29 is 14.3 Å². The molecule has 1 heterocycles. The second kappa shape index (κ2) is 6.95. The molecule has 0 spiro atoms. The number of aromatic nitrogens is 2. The number of aryl methyl sites for hydroxylation is 2. The summed E-state index contributed by atoms with van der Waals surface area (Å²) in [5.74, 6) is -0.441. The summed E-state index contributed by atoms with van der Waals surface area (Å²) in [6.07, 6.45) is 3.57. The lowest BCUT2D eigenvalue weighted by Gasteiger charge is -2.18. The molecule has 7 heteroatoms. The van der Waals surface area contributed by atoms with E-state index >= 15 is 0 Å². The molecule has 7 nitrogen and oxygen atoms in total. The van der Waals surface area contributed by atoms with Crippen molar-refractivity contribution >= 4 is 17.7 Å². The molecule has 0 atom stereocenters. The van der Waals surface area contributed by atoms with Gasteiger partial charge >= 0.3 is 12.0 Å². The Balaban J connectivity index is 2.08. The van der Waals surface area contributed by atoms with Gasteiger partial charge in [-0.25, -0.2) is 9.59 Å². The zero-order chi connectivity index (χ0) is 17.0. The predicted octanol–water partition coefficient (Wildman–Crippen LogP) is 2.18. The van der Waals surface area contributed by atoms with Crippen molar-refractivity contribution in [3.63, 3.8) is 0 Å². The molecule has 0 fully saturated rings. The number of amides is 2. The van der Waals surface area contributed by atoms with E-state index in [2.05, 4.69) is 10.4 Å². The van der Waals surface area contributed by atoms with Gasteiger partial charge in [-0.3, -0.25) is 4.68 Å². The van der Waals surface area contributed by atoms with Crippen LogP contribution in [0.15, 0.2) is 30.6 Å². The van der Waals surface area contributed by atoms with E-state index < -0.39 is 5.97 Å². The zero-order valence-corrected chi connectivity index (χ0v) is 13.7. The average Bonchev–Trinajstić information content (AvgIpc) is 2.93. The van der Waals surface area contributed by atoms with Gasteiger partial charge in [0.25, 0.3) is 0 Å². The number of methoxy groups -OCH3 is 1. The predicted molar refractivity (Wildman–Crippen MR) is 86.2 cm³/mol. The van der Waals surface area contributed by atoms with Crippen LogP contribution in [0.25, 0.3) is 0 Å². The van der Waals surface area contributed by atoms with E-state index in [1.807, 2.05) is 20.2 Å². The van der Waals surface area contributed by atoms with Gasteiger partial charge in [0.15, 0.2) is 0 Å². The Hall–Kier alpha value is -2.83. The second-order valence-electron chi connectivity index (χ2n) is 5.33. The van der Waals surface area contributed by atoms with Gasteiger partial charge in [-0.05, 0) is 24.6 Å². The third-order valence-corrected chi connectivity index (χ3v) is 3.43. The number of anilines is 1. The van der Waals surface area contributed by atoms with E-state index in [0.717, 1.165) is 11.1 Å². The number of rotatable bonds is 4. The Morgan fingerprint density at radius 3 is 2.74 bits per heavy atom. The molecule has 0 aliphatic rings. The van der Waals surface area contributed by atoms with Gasteiger partial charge in [-0.2, -0.15) is 5.10 Å². The van der Waals surface area contributed by atoms with Crippen LogP contribution in [0.2, 0.25) is 0 Å². The SMILES string of the molecule is COC(=O)c1ccc(C)c(NC(=O)N(C)Cc2cnn(C)c2)c1. The van der Waals surface area contributed by atoms with Crippen LogP contribution >= 0.6 is 0 Å². The fourth-order valence-corrected chi connectivity index (χ4v) is 2.11. The Kier molecular flexibility index (Phi) is 5.00. The first-order valence-corrected chi connectivity index (χ1v) is 7.09. The standard InChI is InChI=1S/C16H20N4O3/c1-11-5-6-13(15(21)23-4)7-14(11)18-16(22)19(2)9-12-8-17-20(3)10-12/h5-8,10H,9H2,1-4H3,(H,18,22). The average molecular weight is 316 g/mol. The fourth-order valence-electron chi connectivity index (χ4n) is 2.11. The highest BCUT2D eigenvalue weighted by molar-refractivity contribution is 5.94. The lowest BCUT2D eigenvalue weighted by Crippen LogP contribution is -2.31. The highest BCUT2D eigenvalue weighted by Crippen LogP contribution is 2.18. The topological polar surface area (TPSA) is 76.5 Å². The number of nitrogens with zero attached hydrogens (tertiary/aromatic N) is 3. The molecule has 122 valence electrons. The van der Waals surface area contributed by atoms with Crippen LogP contribution in [0.1, 0.15) is 21.5 Å². The van der Waals surface area contributed by atoms with Gasteiger partial charge < -0.3 is 15.0 Å². The number of esters is 1. The largest absolute Gasteiger partial charge is 0.465 e. The monoisotopic (exact) mass is 316 g/mol. The number of hydrogen-bond acceptors (Lipinski definition) is 4. The Labute approximate surface area is 134 Å². The van der Waals surface area contributed by atoms with Crippen LogP contribution in [0.4, 0.5) is 10.5 Å². The summed E-state index contributed by atoms with van der Waals surface area (Å²) in [7, 11) is 4.84. The number of benzene rings is 1. The van der Waals surface area contributed by atoms with Crippen molar-refractivity contribution in [2.24, 2.45) is 7.05 Å². The Bertz CT molecular complexity index is 724. The molecule has 0 aliphatic heterocycles. The van der Waals surface area contributed by atoms with E-state index in [9.17, 15) is 9.59 Å². The zero-order valence-electron chi connectivity index (χ0n) is 13.7. The molecule has 0 radical (unpaired) electrons. The molecule has 0 saturated carbocycles. The van der Waals surface area contributed by atoms with E-state index in [1.165, 1.54) is 7.11 Å². The Morgan fingerprint density at radius 2 is 2.13 bits per heavy atom. The molecule has 0 saturated heterocycles. The van der Waals surface area contributed by atoms with Crippen LogP contribution in [-0.4, -0.2) is 40.8 Å². The third kappa shape index (κ3) is 4.09. The summed E-state index contributed by atoms with van der Waals surface area (Å²) in [5.41, 5.74) is 2.77. The molecule has 0 aliphatic carbocycles. The highest BCUT2D eigenvalue weighted by Gasteiger charge is 2.13. The lowest BCUT2D eigenvalue weighted by atomic mass is 10.1. The minimum atomic E-state index is -0.441. The van der Waals surface area contributed by atoms with Crippen molar-refractivity contribution in [2.45, 2.75) is 13.5 Å². The maximum absolute atomic E-state index is 12.3. The van der Waals surface area contributed by atoms with Crippen molar-refractivity contribution in [3.8, 4) is 0 Å². The molecule has 0 bridgehead atoms. The fraction of sp³-hybridized carbons (Fsp3) is 0.312. The highest BCUT2D eigenvalue weighted by atomic mass is 16.5. The summed E-state index contributed by atoms with van der Waals surface area (Å²) >= 11 is 0. The molecule has 2 rings (SSSR count). The molecular formula is C16H20N4O3. The minimum Gasteiger partial charge on any atom is -0.465 e. The van der Waals surface area contributed by atoms with Gasteiger partial charge in [-0.15, -0.1) is 0 Å². The first kappa shape index (κ1) is 16.5. The third-order valence-electron chi connectivity index (χ3n) is 3.43. The maximum atomic E-state index is 12.3. The van der Waals surface area contributed by atoms with Crippen molar-refractivity contribution in [2.75, 3.05) is 19.5 Å². The first-order valence-electron chi connectivity index (χ1n) is 7.09. The van der Waals surface area contributed by atoms with E-state index in [-0.39, 0.29) is 6.03 Å². The Morgan fingerprint density at radius 1 is 1.39 bits per heavy atom. The van der Waals surface area contributed by atoms with Crippen LogP contribution in [0.3, 0.4) is 0 Å². The van der Waals surface area contributed by atoms with Crippen LogP contribution < -0.4 is 5.32 Å². The van der Waals surface area contributed by atoms with E-state index in [0.29, 0.717) is 17.8 Å². The van der Waals surface area contributed by atoms with Gasteiger partial charge in [0.2, 0.25) is 0 Å². The molecule has 0 unspecified atom stereocenters. The van der Waals surface area contributed by atoms with Crippen molar-refractivity contribution in [1.29, 1.82) is 0 Å². The molecule has 2 amide bonds. The van der Waals surface area contributed by atoms with Crippen molar-refractivity contribution in [3.05, 3.63) is 47.3 Å². The number of hydrogen-bond donors (Lipinski definition) is 1. The molecule has 1 N–H and O–H groups in total. The summed E-state index contributed by atoms with van der Waals surface area (Å²) in [6, 6.07) is 4.77. The summed E-state index contributed by atoms with van der Waals surface area (Å²) in [4.78, 5) is 25.4. The lowest BCUT2D eigenvalue weighted by molar-refractivity contribution is 0.0600. The van der Waals surface area contributed by atoms with E-state index in [4.69, 9.17) is 4.74 Å². The summed E-state index contributed by atoms with van der Waals surface area (Å²) in [5, 5.41) is 6.88. The number of nitrogens with one attached hydrogen (secondary N) is 1. The molecule has 1 aromatic carbocycles. The number of carbonyl (C=O) groups is 2. The normalized spacial score (nSPS) is 10.3. The maximum Gasteiger partial charge on any atom is 0.337 e. The number of urea groups is 1.